The number of nitrogens with zero attached hydrogens (tertiary/aromatic N) is 2. The number of pyridine rings is 1. The lowest BCUT2D eigenvalue weighted by Gasteiger charge is -2.49. The van der Waals surface area contributed by atoms with Crippen LogP contribution in [0.4, 0.5) is 10.1 Å². The molecule has 7 nitrogen and oxygen atoms in total. The second kappa shape index (κ2) is 13.9. The molecule has 1 spiro atoms. The Morgan fingerprint density at radius 2 is 1.63 bits per heavy atom. The highest BCUT2D eigenvalue weighted by Gasteiger charge is 2.40. The molecular weight excluding hydrogens is 547 g/mol. The summed E-state index contributed by atoms with van der Waals surface area (Å²) in [7, 11) is 0. The maximum absolute atomic E-state index is 13.1. The van der Waals surface area contributed by atoms with Gasteiger partial charge < -0.3 is 25.0 Å². The zero-order valence-corrected chi connectivity index (χ0v) is 25.8. The Hall–Kier alpha value is -3.49. The number of ether oxygens (including phenoxy) is 1. The van der Waals surface area contributed by atoms with Crippen molar-refractivity contribution >= 4 is 11.7 Å². The van der Waals surface area contributed by atoms with Crippen LogP contribution in [0.2, 0.25) is 0 Å². The molecule has 2 aliphatic rings. The first-order chi connectivity index (χ1) is 20.4. The van der Waals surface area contributed by atoms with E-state index in [1.807, 2.05) is 31.2 Å². The van der Waals surface area contributed by atoms with Crippen molar-refractivity contribution in [1.82, 2.24) is 4.98 Å². The van der Waals surface area contributed by atoms with Gasteiger partial charge in [0.15, 0.2) is 0 Å². The van der Waals surface area contributed by atoms with Crippen molar-refractivity contribution in [2.45, 2.75) is 84.8 Å². The number of carboxylic acids is 1. The molecule has 3 aromatic rings. The van der Waals surface area contributed by atoms with Gasteiger partial charge in [0, 0.05) is 36.3 Å². The summed E-state index contributed by atoms with van der Waals surface area (Å²) < 4.78 is 19.1. The van der Waals surface area contributed by atoms with Crippen LogP contribution in [0.1, 0.15) is 75.4 Å². The quantitative estimate of drug-likeness (QED) is 0.261. The van der Waals surface area contributed by atoms with Crippen LogP contribution >= 0.6 is 0 Å². The molecule has 43 heavy (non-hydrogen) atoms. The molecule has 2 fully saturated rings. The van der Waals surface area contributed by atoms with Gasteiger partial charge >= 0.3 is 5.97 Å². The third-order valence-corrected chi connectivity index (χ3v) is 8.28. The monoisotopic (exact) mass is 592 g/mol. The highest BCUT2D eigenvalue weighted by atomic mass is 19.1. The summed E-state index contributed by atoms with van der Waals surface area (Å²) in [6.07, 6.45) is 6.58. The average molecular weight is 593 g/mol. The first kappa shape index (κ1) is 32.4. The lowest BCUT2D eigenvalue weighted by molar-refractivity contribution is -0.136. The number of aliphatic hydroxyl groups is 2. The van der Waals surface area contributed by atoms with Crippen molar-refractivity contribution in [3.63, 3.8) is 0 Å². The van der Waals surface area contributed by atoms with Crippen LogP contribution in [0.25, 0.3) is 11.1 Å². The van der Waals surface area contributed by atoms with Crippen LogP contribution in [-0.2, 0) is 24.2 Å². The van der Waals surface area contributed by atoms with Gasteiger partial charge in [0.1, 0.15) is 11.6 Å². The molecule has 1 aliphatic heterocycles. The molecule has 0 amide bonds. The number of rotatable bonds is 9. The summed E-state index contributed by atoms with van der Waals surface area (Å²) in [6, 6.07) is 14.2. The molecule has 0 unspecified atom stereocenters. The highest BCUT2D eigenvalue weighted by Crippen LogP contribution is 2.50. The van der Waals surface area contributed by atoms with Gasteiger partial charge in [0.25, 0.3) is 0 Å². The van der Waals surface area contributed by atoms with Gasteiger partial charge in [-0.15, -0.1) is 0 Å². The SMILES string of the molecule is CC(C)(C)O.Cc1nc(CO)c(CC(=O)O)c(N2CCC3(CCC3)CC2)c1-c1ccc(OCCc2ccc(F)cc2)cc1. The Morgan fingerprint density at radius 1 is 1.02 bits per heavy atom. The molecule has 0 bridgehead atoms. The zero-order chi connectivity index (χ0) is 31.2. The summed E-state index contributed by atoms with van der Waals surface area (Å²) in [6.45, 7) is 9.08. The van der Waals surface area contributed by atoms with Gasteiger partial charge in [-0.1, -0.05) is 30.7 Å². The van der Waals surface area contributed by atoms with E-state index in [9.17, 15) is 19.4 Å². The molecule has 2 aromatic carbocycles. The first-order valence-electron chi connectivity index (χ1n) is 15.2. The van der Waals surface area contributed by atoms with Gasteiger partial charge in [-0.05, 0) is 94.2 Å². The third kappa shape index (κ3) is 8.77. The van der Waals surface area contributed by atoms with Crippen LogP contribution < -0.4 is 9.64 Å². The number of aliphatic hydroxyl groups excluding tert-OH is 1. The van der Waals surface area contributed by atoms with Crippen LogP contribution in [0.3, 0.4) is 0 Å². The largest absolute Gasteiger partial charge is 0.493 e. The minimum absolute atomic E-state index is 0.183. The second-order valence-corrected chi connectivity index (χ2v) is 12.8. The number of piperidine rings is 1. The summed E-state index contributed by atoms with van der Waals surface area (Å²) in [5, 5.41) is 28.3. The number of aromatic nitrogens is 1. The summed E-state index contributed by atoms with van der Waals surface area (Å²) in [5.41, 5.74) is 5.53. The van der Waals surface area contributed by atoms with E-state index in [4.69, 9.17) is 9.84 Å². The summed E-state index contributed by atoms with van der Waals surface area (Å²) >= 11 is 0. The number of hydrogen-bond acceptors (Lipinski definition) is 6. The van der Waals surface area contributed by atoms with Crippen molar-refractivity contribution in [1.29, 1.82) is 0 Å². The van der Waals surface area contributed by atoms with Crippen molar-refractivity contribution in [3.8, 4) is 16.9 Å². The molecule has 1 aliphatic carbocycles. The van der Waals surface area contributed by atoms with Gasteiger partial charge in [0.2, 0.25) is 0 Å². The predicted octanol–water partition coefficient (Wildman–Crippen LogP) is 6.48. The van der Waals surface area contributed by atoms with Gasteiger partial charge in [-0.3, -0.25) is 9.78 Å². The van der Waals surface area contributed by atoms with E-state index in [2.05, 4.69) is 9.88 Å². The minimum atomic E-state index is -0.935. The normalized spacial score (nSPS) is 15.8. The Bertz CT molecular complexity index is 1360. The van der Waals surface area contributed by atoms with E-state index in [0.29, 0.717) is 29.7 Å². The van der Waals surface area contributed by atoms with Gasteiger partial charge in [-0.25, -0.2) is 4.39 Å². The van der Waals surface area contributed by atoms with Crippen LogP contribution in [0, 0.1) is 18.2 Å². The van der Waals surface area contributed by atoms with E-state index in [-0.39, 0.29) is 18.8 Å². The number of halogens is 1. The minimum Gasteiger partial charge on any atom is -0.493 e. The Morgan fingerprint density at radius 3 is 2.14 bits per heavy atom. The first-order valence-corrected chi connectivity index (χ1v) is 15.2. The van der Waals surface area contributed by atoms with Crippen molar-refractivity contribution in [2.24, 2.45) is 5.41 Å². The molecule has 5 rings (SSSR count). The van der Waals surface area contributed by atoms with E-state index >= 15 is 0 Å². The number of anilines is 1. The van der Waals surface area contributed by atoms with Crippen LogP contribution in [0.5, 0.6) is 5.75 Å². The summed E-state index contributed by atoms with van der Waals surface area (Å²) in [4.78, 5) is 18.8. The zero-order valence-electron chi connectivity index (χ0n) is 25.8. The molecule has 0 atom stereocenters. The summed E-state index contributed by atoms with van der Waals surface area (Å²) in [5.74, 6) is -0.458. The standard InChI is InChI=1S/C31H35FN2O4.C4H10O/c1-21-29(23-5-9-25(10-6-23)38-18-11-22-3-7-24(32)8-4-22)30(26(19-28(36)37)27(20-35)33-21)34-16-14-31(15-17-34)12-2-13-31;1-4(2,3)5/h3-10,35H,2,11-20H2,1H3,(H,36,37);5H,1-3H3. The van der Waals surface area contributed by atoms with Crippen LogP contribution in [0.15, 0.2) is 48.5 Å². The molecule has 1 saturated carbocycles. The predicted molar refractivity (Wildman–Crippen MR) is 167 cm³/mol. The molecule has 8 heteroatoms. The lowest BCUT2D eigenvalue weighted by Crippen LogP contribution is -2.44. The Kier molecular flexibility index (Phi) is 10.5. The van der Waals surface area contributed by atoms with Crippen molar-refractivity contribution in [2.75, 3.05) is 24.6 Å². The van der Waals surface area contributed by atoms with Crippen molar-refractivity contribution < 1.29 is 29.2 Å². The molecule has 232 valence electrons. The molecule has 1 aromatic heterocycles. The van der Waals surface area contributed by atoms with E-state index in [1.54, 1.807) is 32.9 Å². The Labute approximate surface area is 254 Å². The topological polar surface area (TPSA) is 103 Å². The maximum Gasteiger partial charge on any atom is 0.307 e. The lowest BCUT2D eigenvalue weighted by atomic mass is 9.63. The van der Waals surface area contributed by atoms with Crippen molar-refractivity contribution in [3.05, 3.63) is 76.9 Å². The molecule has 3 N–H and O–H groups in total. The maximum atomic E-state index is 13.1. The molecule has 2 heterocycles. The average Bonchev–Trinajstić information content (AvgIpc) is 2.93. The number of carbonyl (C=O) groups is 1. The van der Waals surface area contributed by atoms with E-state index < -0.39 is 11.6 Å². The second-order valence-electron chi connectivity index (χ2n) is 12.8. The van der Waals surface area contributed by atoms with E-state index in [1.165, 1.54) is 31.4 Å². The third-order valence-electron chi connectivity index (χ3n) is 8.28. The fourth-order valence-corrected chi connectivity index (χ4v) is 5.98. The number of hydrogen-bond donors (Lipinski definition) is 3. The fourth-order valence-electron chi connectivity index (χ4n) is 5.98. The Balaban J connectivity index is 0.000000782. The fraction of sp³-hybridized carbons (Fsp3) is 0.486. The molecule has 0 radical (unpaired) electrons. The van der Waals surface area contributed by atoms with E-state index in [0.717, 1.165) is 59.8 Å². The molecule has 1 saturated heterocycles. The number of aryl methyl sites for hydroxylation is 1. The van der Waals surface area contributed by atoms with Gasteiger partial charge in [0.05, 0.1) is 36.6 Å². The smallest absolute Gasteiger partial charge is 0.307 e. The highest BCUT2D eigenvalue weighted by molar-refractivity contribution is 5.86. The molecular formula is C35H45FN2O5. The van der Waals surface area contributed by atoms with Gasteiger partial charge in [-0.2, -0.15) is 0 Å². The number of benzene rings is 2. The number of aliphatic carboxylic acids is 1. The van der Waals surface area contributed by atoms with Crippen LogP contribution in [-0.4, -0.2) is 51.6 Å². The number of carboxylic acid groups (broad SMARTS) is 1.